The second-order valence-electron chi connectivity index (χ2n) is 6.94. The summed E-state index contributed by atoms with van der Waals surface area (Å²) in [7, 11) is 1.60. The molecule has 0 saturated heterocycles. The van der Waals surface area contributed by atoms with Crippen molar-refractivity contribution in [2.24, 2.45) is 0 Å². The second kappa shape index (κ2) is 8.19. The van der Waals surface area contributed by atoms with Crippen LogP contribution in [0, 0.1) is 6.92 Å². The lowest BCUT2D eigenvalue weighted by Crippen LogP contribution is -2.14. The fourth-order valence-corrected chi connectivity index (χ4v) is 3.47. The molecule has 0 fully saturated rings. The van der Waals surface area contributed by atoms with Gasteiger partial charge in [-0.3, -0.25) is 9.36 Å². The average molecular weight is 385 g/mol. The molecule has 1 heterocycles. The molecule has 0 atom stereocenters. The Hall–Kier alpha value is -3.60. The standard InChI is InChI=1S/C24H23N3O2/c1-17-12-13-22(29-2)20(16-17)26-24(28)15-14-23-25-19-10-6-7-11-21(19)27(23)18-8-4-3-5-9-18/h3-13,16H,14-15H2,1-2H3,(H,26,28). The van der Waals surface area contributed by atoms with Crippen LogP contribution >= 0.6 is 0 Å². The van der Waals surface area contributed by atoms with Gasteiger partial charge in [0.25, 0.3) is 0 Å². The molecular weight excluding hydrogens is 362 g/mol. The van der Waals surface area contributed by atoms with E-state index in [9.17, 15) is 4.79 Å². The topological polar surface area (TPSA) is 56.1 Å². The van der Waals surface area contributed by atoms with Crippen LogP contribution in [0.5, 0.6) is 5.75 Å². The Labute approximate surface area is 170 Å². The Bertz CT molecular complexity index is 1150. The molecule has 0 radical (unpaired) electrons. The van der Waals surface area contributed by atoms with Crippen molar-refractivity contribution in [3.63, 3.8) is 0 Å². The third-order valence-electron chi connectivity index (χ3n) is 4.85. The quantitative estimate of drug-likeness (QED) is 0.513. The lowest BCUT2D eigenvalue weighted by atomic mass is 10.2. The maximum atomic E-state index is 12.6. The van der Waals surface area contributed by atoms with Gasteiger partial charge in [0.1, 0.15) is 11.6 Å². The number of hydrogen-bond acceptors (Lipinski definition) is 3. The molecule has 1 N–H and O–H groups in total. The summed E-state index contributed by atoms with van der Waals surface area (Å²) in [5.74, 6) is 1.45. The van der Waals surface area contributed by atoms with Crippen molar-refractivity contribution in [3.8, 4) is 11.4 Å². The van der Waals surface area contributed by atoms with Gasteiger partial charge in [0.15, 0.2) is 0 Å². The number of imidazole rings is 1. The molecule has 0 aliphatic rings. The van der Waals surface area contributed by atoms with E-state index in [-0.39, 0.29) is 5.91 Å². The zero-order valence-corrected chi connectivity index (χ0v) is 16.6. The van der Waals surface area contributed by atoms with Crippen molar-refractivity contribution in [1.82, 2.24) is 9.55 Å². The Morgan fingerprint density at radius 1 is 1.03 bits per heavy atom. The Balaban J connectivity index is 1.57. The van der Waals surface area contributed by atoms with E-state index in [2.05, 4.69) is 28.1 Å². The summed E-state index contributed by atoms with van der Waals surface area (Å²) in [5, 5.41) is 2.96. The van der Waals surface area contributed by atoms with Gasteiger partial charge in [-0.2, -0.15) is 0 Å². The van der Waals surface area contributed by atoms with Crippen LogP contribution in [0.25, 0.3) is 16.7 Å². The predicted octanol–water partition coefficient (Wildman–Crippen LogP) is 4.91. The highest BCUT2D eigenvalue weighted by atomic mass is 16.5. The number of nitrogens with zero attached hydrogens (tertiary/aromatic N) is 2. The first-order chi connectivity index (χ1) is 14.2. The number of amides is 1. The van der Waals surface area contributed by atoms with Gasteiger partial charge in [0, 0.05) is 18.5 Å². The molecular formula is C24H23N3O2. The first-order valence-electron chi connectivity index (χ1n) is 9.62. The third-order valence-corrected chi connectivity index (χ3v) is 4.85. The first-order valence-corrected chi connectivity index (χ1v) is 9.62. The molecule has 5 heteroatoms. The lowest BCUT2D eigenvalue weighted by Gasteiger charge is -2.12. The van der Waals surface area contributed by atoms with Gasteiger partial charge in [-0.05, 0) is 48.9 Å². The first kappa shape index (κ1) is 18.7. The molecule has 146 valence electrons. The molecule has 0 saturated carbocycles. The van der Waals surface area contributed by atoms with Gasteiger partial charge in [-0.25, -0.2) is 4.98 Å². The maximum Gasteiger partial charge on any atom is 0.224 e. The molecule has 4 aromatic rings. The van der Waals surface area contributed by atoms with Crippen LogP contribution < -0.4 is 10.1 Å². The number of methoxy groups -OCH3 is 1. The smallest absolute Gasteiger partial charge is 0.224 e. The molecule has 1 aromatic heterocycles. The van der Waals surface area contributed by atoms with Gasteiger partial charge in [0.05, 0.1) is 23.8 Å². The molecule has 3 aromatic carbocycles. The summed E-state index contributed by atoms with van der Waals surface area (Å²) in [6.45, 7) is 1.98. The van der Waals surface area contributed by atoms with Gasteiger partial charge in [-0.1, -0.05) is 36.4 Å². The van der Waals surface area contributed by atoms with Crippen LogP contribution in [0.15, 0.2) is 72.8 Å². The highest BCUT2D eigenvalue weighted by Crippen LogP contribution is 2.26. The summed E-state index contributed by atoms with van der Waals surface area (Å²) < 4.78 is 7.47. The SMILES string of the molecule is COc1ccc(C)cc1NC(=O)CCc1nc2ccccc2n1-c1ccccc1. The number of rotatable bonds is 6. The number of hydrogen-bond donors (Lipinski definition) is 1. The van der Waals surface area contributed by atoms with Gasteiger partial charge < -0.3 is 10.1 Å². The zero-order chi connectivity index (χ0) is 20.2. The molecule has 1 amide bonds. The third kappa shape index (κ3) is 3.99. The summed E-state index contributed by atoms with van der Waals surface area (Å²) >= 11 is 0. The number of ether oxygens (including phenoxy) is 1. The molecule has 0 spiro atoms. The van der Waals surface area contributed by atoms with E-state index in [0.29, 0.717) is 24.3 Å². The number of carbonyl (C=O) groups is 1. The van der Waals surface area contributed by atoms with Gasteiger partial charge in [-0.15, -0.1) is 0 Å². The number of anilines is 1. The van der Waals surface area contributed by atoms with Crippen molar-refractivity contribution in [1.29, 1.82) is 0 Å². The van der Waals surface area contributed by atoms with Crippen LogP contribution in [-0.4, -0.2) is 22.6 Å². The Morgan fingerprint density at radius 3 is 2.59 bits per heavy atom. The molecule has 0 bridgehead atoms. The second-order valence-corrected chi connectivity index (χ2v) is 6.94. The largest absolute Gasteiger partial charge is 0.495 e. The minimum Gasteiger partial charge on any atom is -0.495 e. The summed E-state index contributed by atoms with van der Waals surface area (Å²) in [4.78, 5) is 17.4. The van der Waals surface area contributed by atoms with Crippen molar-refractivity contribution < 1.29 is 9.53 Å². The van der Waals surface area contributed by atoms with Crippen LogP contribution in [-0.2, 0) is 11.2 Å². The Kier molecular flexibility index (Phi) is 5.29. The minimum atomic E-state index is -0.0689. The van der Waals surface area contributed by atoms with E-state index in [0.717, 1.165) is 28.1 Å². The number of benzene rings is 3. The average Bonchev–Trinajstić information content (AvgIpc) is 3.11. The van der Waals surface area contributed by atoms with E-state index >= 15 is 0 Å². The van der Waals surface area contributed by atoms with E-state index in [1.54, 1.807) is 7.11 Å². The van der Waals surface area contributed by atoms with E-state index in [4.69, 9.17) is 9.72 Å². The van der Waals surface area contributed by atoms with E-state index in [1.165, 1.54) is 0 Å². The van der Waals surface area contributed by atoms with Crippen LogP contribution in [0.2, 0.25) is 0 Å². The van der Waals surface area contributed by atoms with Crippen molar-refractivity contribution >= 4 is 22.6 Å². The summed E-state index contributed by atoms with van der Waals surface area (Å²) in [6.07, 6.45) is 0.858. The van der Waals surface area contributed by atoms with Crippen molar-refractivity contribution in [2.45, 2.75) is 19.8 Å². The molecule has 5 nitrogen and oxygen atoms in total. The maximum absolute atomic E-state index is 12.6. The van der Waals surface area contributed by atoms with Crippen LogP contribution in [0.3, 0.4) is 0 Å². The number of aryl methyl sites for hydroxylation is 2. The number of carbonyl (C=O) groups excluding carboxylic acids is 1. The molecule has 4 rings (SSSR count). The van der Waals surface area contributed by atoms with E-state index < -0.39 is 0 Å². The van der Waals surface area contributed by atoms with Crippen LogP contribution in [0.1, 0.15) is 17.8 Å². The highest BCUT2D eigenvalue weighted by molar-refractivity contribution is 5.92. The van der Waals surface area contributed by atoms with E-state index in [1.807, 2.05) is 61.5 Å². The molecule has 0 unspecified atom stereocenters. The fourth-order valence-electron chi connectivity index (χ4n) is 3.47. The lowest BCUT2D eigenvalue weighted by molar-refractivity contribution is -0.116. The normalized spacial score (nSPS) is 10.8. The van der Waals surface area contributed by atoms with Crippen molar-refractivity contribution in [3.05, 3.63) is 84.2 Å². The number of fused-ring (bicyclic) bond motifs is 1. The predicted molar refractivity (Wildman–Crippen MR) is 116 cm³/mol. The van der Waals surface area contributed by atoms with Gasteiger partial charge >= 0.3 is 0 Å². The number of aromatic nitrogens is 2. The summed E-state index contributed by atoms with van der Waals surface area (Å²) in [6, 6.07) is 23.9. The number of nitrogens with one attached hydrogen (secondary N) is 1. The molecule has 0 aliphatic heterocycles. The fraction of sp³-hybridized carbons (Fsp3) is 0.167. The summed E-state index contributed by atoms with van der Waals surface area (Å²) in [5.41, 5.74) is 4.75. The molecule has 29 heavy (non-hydrogen) atoms. The number of para-hydroxylation sites is 3. The van der Waals surface area contributed by atoms with Gasteiger partial charge in [0.2, 0.25) is 5.91 Å². The van der Waals surface area contributed by atoms with Crippen molar-refractivity contribution in [2.75, 3.05) is 12.4 Å². The highest BCUT2D eigenvalue weighted by Gasteiger charge is 2.14. The zero-order valence-electron chi connectivity index (χ0n) is 16.6. The molecule has 0 aliphatic carbocycles. The Morgan fingerprint density at radius 2 is 1.79 bits per heavy atom. The minimum absolute atomic E-state index is 0.0689. The van der Waals surface area contributed by atoms with Crippen LogP contribution in [0.4, 0.5) is 5.69 Å². The monoisotopic (exact) mass is 385 g/mol.